The summed E-state index contributed by atoms with van der Waals surface area (Å²) in [6.07, 6.45) is 2.25. The van der Waals surface area contributed by atoms with Crippen molar-refractivity contribution in [3.05, 3.63) is 77.4 Å². The fourth-order valence-electron chi connectivity index (χ4n) is 4.39. The van der Waals surface area contributed by atoms with E-state index in [2.05, 4.69) is 84.4 Å². The average Bonchev–Trinajstić information content (AvgIpc) is 2.88. The predicted molar refractivity (Wildman–Crippen MR) is 149 cm³/mol. The van der Waals surface area contributed by atoms with E-state index in [0.29, 0.717) is 12.2 Å². The number of rotatable bonds is 8. The Morgan fingerprint density at radius 2 is 1.59 bits per heavy atom. The summed E-state index contributed by atoms with van der Waals surface area (Å²) < 4.78 is 0. The number of carbonyl (C=O) groups is 2. The van der Waals surface area contributed by atoms with Gasteiger partial charge in [-0.3, -0.25) is 4.90 Å². The molecule has 0 unspecified atom stereocenters. The number of anilines is 2. The molecule has 3 N–H and O–H groups in total. The van der Waals surface area contributed by atoms with Gasteiger partial charge in [0.05, 0.1) is 5.52 Å². The third-order valence-corrected chi connectivity index (χ3v) is 6.54. The van der Waals surface area contributed by atoms with Crippen LogP contribution in [0.3, 0.4) is 0 Å². The fourth-order valence-corrected chi connectivity index (χ4v) is 4.39. The van der Waals surface area contributed by atoms with E-state index in [1.165, 1.54) is 27.8 Å². The number of aromatic nitrogens is 1. The monoisotopic (exact) mass is 504 g/mol. The molecule has 8 heteroatoms. The number of aliphatic carboxylic acids is 2. The van der Waals surface area contributed by atoms with Crippen molar-refractivity contribution in [1.29, 1.82) is 0 Å². The zero-order valence-electron chi connectivity index (χ0n) is 21.8. The molecule has 2 heterocycles. The molecule has 37 heavy (non-hydrogen) atoms. The second kappa shape index (κ2) is 13.4. The lowest BCUT2D eigenvalue weighted by Crippen LogP contribution is -2.47. The van der Waals surface area contributed by atoms with Crippen LogP contribution in [0.4, 0.5) is 11.5 Å². The highest BCUT2D eigenvalue weighted by Gasteiger charge is 2.18. The number of nitrogens with zero attached hydrogens (tertiary/aromatic N) is 3. The number of fused-ring (bicyclic) bond motifs is 1. The van der Waals surface area contributed by atoms with E-state index in [9.17, 15) is 9.59 Å². The molecule has 0 atom stereocenters. The molecule has 1 fully saturated rings. The summed E-state index contributed by atoms with van der Waals surface area (Å²) in [6, 6.07) is 17.2. The molecule has 0 spiro atoms. The molecule has 8 nitrogen and oxygen atoms in total. The molecule has 3 aromatic rings. The summed E-state index contributed by atoms with van der Waals surface area (Å²) in [4.78, 5) is 29.0. The maximum atomic E-state index is 9.55. The Balaban J connectivity index is 0.000000414. The molecule has 1 aliphatic heterocycles. The lowest BCUT2D eigenvalue weighted by molar-refractivity contribution is -0.134. The summed E-state index contributed by atoms with van der Waals surface area (Å²) in [6.45, 7) is 13.2. The zero-order chi connectivity index (χ0) is 26.8. The Kier molecular flexibility index (Phi) is 10.0. The Labute approximate surface area is 218 Å². The number of nitrogens with one attached hydrogen (secondary N) is 1. The molecule has 2 aromatic carbocycles. The van der Waals surface area contributed by atoms with E-state index < -0.39 is 11.9 Å². The molecule has 1 aromatic heterocycles. The van der Waals surface area contributed by atoms with Crippen molar-refractivity contribution in [2.45, 2.75) is 27.2 Å². The van der Waals surface area contributed by atoms with Crippen molar-refractivity contribution in [3.63, 3.8) is 0 Å². The van der Waals surface area contributed by atoms with Gasteiger partial charge >= 0.3 is 11.9 Å². The maximum absolute atomic E-state index is 9.55. The third-order valence-electron chi connectivity index (χ3n) is 6.54. The van der Waals surface area contributed by atoms with E-state index in [-0.39, 0.29) is 0 Å². The second-order valence-corrected chi connectivity index (χ2v) is 9.18. The molecule has 4 rings (SSSR count). The van der Waals surface area contributed by atoms with Crippen LogP contribution < -0.4 is 10.2 Å². The van der Waals surface area contributed by atoms with E-state index in [1.54, 1.807) is 0 Å². The largest absolute Gasteiger partial charge is 0.478 e. The Hall–Kier alpha value is -3.91. The van der Waals surface area contributed by atoms with Crippen LogP contribution in [-0.2, 0) is 9.59 Å². The Bertz CT molecular complexity index is 1230. The minimum atomic E-state index is -1.26. The predicted octanol–water partition coefficient (Wildman–Crippen LogP) is 4.50. The first kappa shape index (κ1) is 27.7. The highest BCUT2D eigenvalue weighted by Crippen LogP contribution is 2.24. The van der Waals surface area contributed by atoms with Crippen molar-refractivity contribution >= 4 is 34.3 Å². The Morgan fingerprint density at radius 3 is 2.27 bits per heavy atom. The van der Waals surface area contributed by atoms with Gasteiger partial charge in [0.1, 0.15) is 5.82 Å². The molecular weight excluding hydrogens is 468 g/mol. The first-order chi connectivity index (χ1) is 17.7. The number of piperazine rings is 1. The van der Waals surface area contributed by atoms with Gasteiger partial charge < -0.3 is 20.4 Å². The van der Waals surface area contributed by atoms with E-state index in [4.69, 9.17) is 15.2 Å². The molecule has 1 saturated heterocycles. The summed E-state index contributed by atoms with van der Waals surface area (Å²) in [5, 5.41) is 20.4. The number of carboxylic acid groups (broad SMARTS) is 2. The van der Waals surface area contributed by atoms with Gasteiger partial charge in [-0.05, 0) is 68.6 Å². The standard InChI is InChI=1S/C25H32N4.C4H4O4/c1-19-8-6-11-24(21(19)3)29-16-14-28(15-17-29)13-7-12-26-25-18-20(2)22-9-4-5-10-23(22)27-25;5-3(6)1-2-4(7)8/h4-6,8-11,18H,7,12-17H2,1-3H3,(H,26,27);1-2H,(H,5,6)(H,7,8). The van der Waals surface area contributed by atoms with E-state index in [1.807, 2.05) is 0 Å². The molecular formula is C29H36N4O4. The molecule has 0 aliphatic carbocycles. The minimum Gasteiger partial charge on any atom is -0.478 e. The maximum Gasteiger partial charge on any atom is 0.328 e. The van der Waals surface area contributed by atoms with Crippen molar-refractivity contribution in [2.24, 2.45) is 0 Å². The van der Waals surface area contributed by atoms with Gasteiger partial charge in [0.15, 0.2) is 0 Å². The normalized spacial score (nSPS) is 13.9. The molecule has 0 saturated carbocycles. The first-order valence-electron chi connectivity index (χ1n) is 12.5. The lowest BCUT2D eigenvalue weighted by Gasteiger charge is -2.37. The highest BCUT2D eigenvalue weighted by molar-refractivity contribution is 5.89. The molecule has 196 valence electrons. The van der Waals surface area contributed by atoms with Gasteiger partial charge in [0.2, 0.25) is 0 Å². The van der Waals surface area contributed by atoms with Crippen LogP contribution in [0.15, 0.2) is 60.7 Å². The van der Waals surface area contributed by atoms with Crippen LogP contribution in [0.5, 0.6) is 0 Å². The number of pyridine rings is 1. The topological polar surface area (TPSA) is 106 Å². The third kappa shape index (κ3) is 8.32. The van der Waals surface area contributed by atoms with Crippen LogP contribution in [0.1, 0.15) is 23.1 Å². The zero-order valence-corrected chi connectivity index (χ0v) is 21.8. The second-order valence-electron chi connectivity index (χ2n) is 9.18. The lowest BCUT2D eigenvalue weighted by atomic mass is 10.1. The van der Waals surface area contributed by atoms with Gasteiger partial charge in [-0.1, -0.05) is 30.3 Å². The quantitative estimate of drug-likeness (QED) is 0.304. The van der Waals surface area contributed by atoms with Gasteiger partial charge in [-0.25, -0.2) is 14.6 Å². The van der Waals surface area contributed by atoms with Gasteiger partial charge in [0.25, 0.3) is 0 Å². The van der Waals surface area contributed by atoms with Crippen molar-refractivity contribution < 1.29 is 19.8 Å². The number of hydrogen-bond donors (Lipinski definition) is 3. The van der Waals surface area contributed by atoms with Crippen LogP contribution in [0, 0.1) is 20.8 Å². The summed E-state index contributed by atoms with van der Waals surface area (Å²) in [5.74, 6) is -1.53. The fraction of sp³-hybridized carbons (Fsp3) is 0.345. The van der Waals surface area contributed by atoms with Crippen LogP contribution >= 0.6 is 0 Å². The first-order valence-corrected chi connectivity index (χ1v) is 12.5. The highest BCUT2D eigenvalue weighted by atomic mass is 16.4. The summed E-state index contributed by atoms with van der Waals surface area (Å²) >= 11 is 0. The molecule has 0 amide bonds. The number of benzene rings is 2. The smallest absolute Gasteiger partial charge is 0.328 e. The Morgan fingerprint density at radius 1 is 0.919 bits per heavy atom. The van der Waals surface area contributed by atoms with Crippen molar-refractivity contribution in [1.82, 2.24) is 9.88 Å². The van der Waals surface area contributed by atoms with E-state index in [0.717, 1.165) is 57.0 Å². The van der Waals surface area contributed by atoms with Gasteiger partial charge in [0, 0.05) is 55.9 Å². The molecule has 1 aliphatic rings. The SMILES string of the molecule is Cc1cccc(N2CCN(CCCNc3cc(C)c4ccccc4n3)CC2)c1C.O=C(O)C=CC(=O)O. The van der Waals surface area contributed by atoms with Crippen LogP contribution in [0.25, 0.3) is 10.9 Å². The number of para-hydroxylation sites is 1. The number of carboxylic acids is 2. The van der Waals surface area contributed by atoms with Crippen LogP contribution in [-0.4, -0.2) is 71.3 Å². The summed E-state index contributed by atoms with van der Waals surface area (Å²) in [5.41, 5.74) is 6.55. The number of aryl methyl sites for hydroxylation is 2. The number of hydrogen-bond acceptors (Lipinski definition) is 6. The van der Waals surface area contributed by atoms with Crippen LogP contribution in [0.2, 0.25) is 0 Å². The minimum absolute atomic E-state index is 0.558. The average molecular weight is 505 g/mol. The van der Waals surface area contributed by atoms with Crippen molar-refractivity contribution in [2.75, 3.05) is 49.5 Å². The molecule has 0 bridgehead atoms. The van der Waals surface area contributed by atoms with Gasteiger partial charge in [-0.15, -0.1) is 0 Å². The van der Waals surface area contributed by atoms with E-state index >= 15 is 0 Å². The summed E-state index contributed by atoms with van der Waals surface area (Å²) in [7, 11) is 0. The van der Waals surface area contributed by atoms with Gasteiger partial charge in [-0.2, -0.15) is 0 Å². The molecule has 0 radical (unpaired) electrons. The van der Waals surface area contributed by atoms with Crippen molar-refractivity contribution in [3.8, 4) is 0 Å².